The van der Waals surface area contributed by atoms with Crippen LogP contribution in [0.15, 0.2) is 11.4 Å². The van der Waals surface area contributed by atoms with E-state index < -0.39 is 0 Å². The number of H-pyrrole nitrogens is 1. The Morgan fingerprint density at radius 2 is 2.15 bits per heavy atom. The molecule has 0 aliphatic carbocycles. The molecule has 0 spiro atoms. The fourth-order valence-electron chi connectivity index (χ4n) is 1.72. The number of carbonyl (C=O) groups excluding carboxylic acids is 1. The van der Waals surface area contributed by atoms with Gasteiger partial charge >= 0.3 is 0 Å². The summed E-state index contributed by atoms with van der Waals surface area (Å²) < 4.78 is 0. The van der Waals surface area contributed by atoms with Crippen LogP contribution in [0.1, 0.15) is 47.7 Å². The van der Waals surface area contributed by atoms with Gasteiger partial charge < -0.3 is 4.90 Å². The van der Waals surface area contributed by atoms with Crippen LogP contribution >= 0.6 is 11.3 Å². The van der Waals surface area contributed by atoms with E-state index in [0.717, 1.165) is 5.82 Å². The molecule has 0 unspecified atom stereocenters. The number of rotatable bonds is 3. The second-order valence-electron chi connectivity index (χ2n) is 5.95. The molecule has 0 aliphatic heterocycles. The first-order valence-electron chi connectivity index (χ1n) is 6.50. The number of aryl methyl sites for hydroxylation is 1. The lowest BCUT2D eigenvalue weighted by Gasteiger charge is -2.15. The molecule has 0 aromatic carbocycles. The van der Waals surface area contributed by atoms with Gasteiger partial charge in [-0.2, -0.15) is 0 Å². The third-order valence-corrected chi connectivity index (χ3v) is 4.09. The second-order valence-corrected chi connectivity index (χ2v) is 6.95. The van der Waals surface area contributed by atoms with Gasteiger partial charge in [0.15, 0.2) is 0 Å². The number of aromatic amines is 1. The maximum atomic E-state index is 12.3. The summed E-state index contributed by atoms with van der Waals surface area (Å²) in [6.45, 7) is 8.72. The van der Waals surface area contributed by atoms with E-state index in [1.165, 1.54) is 10.4 Å². The molecule has 0 bridgehead atoms. The molecule has 0 radical (unpaired) electrons. The maximum absolute atomic E-state index is 12.3. The Morgan fingerprint density at radius 3 is 2.65 bits per heavy atom. The van der Waals surface area contributed by atoms with Crippen molar-refractivity contribution in [3.8, 4) is 0 Å². The molecule has 0 fully saturated rings. The fraction of sp³-hybridized carbons (Fsp3) is 0.500. The Bertz CT molecular complexity index is 609. The van der Waals surface area contributed by atoms with E-state index in [9.17, 15) is 4.79 Å². The van der Waals surface area contributed by atoms with Crippen LogP contribution < -0.4 is 0 Å². The lowest BCUT2D eigenvalue weighted by molar-refractivity contribution is 0.0774. The van der Waals surface area contributed by atoms with E-state index in [2.05, 4.69) is 28.2 Å². The van der Waals surface area contributed by atoms with Crippen molar-refractivity contribution in [2.75, 3.05) is 7.05 Å². The van der Waals surface area contributed by atoms with Gasteiger partial charge in [-0.15, -0.1) is 16.4 Å². The number of nitrogens with zero attached hydrogens (tertiary/aromatic N) is 3. The van der Waals surface area contributed by atoms with Gasteiger partial charge in [0.2, 0.25) is 5.82 Å². The molecule has 20 heavy (non-hydrogen) atoms. The molecule has 2 heterocycles. The molecule has 0 saturated carbocycles. The highest BCUT2D eigenvalue weighted by molar-refractivity contribution is 7.10. The number of hydrogen-bond donors (Lipinski definition) is 1. The maximum Gasteiger partial charge on any atom is 0.293 e. The topological polar surface area (TPSA) is 61.9 Å². The lowest BCUT2D eigenvalue weighted by atomic mass is 9.96. The molecule has 0 aliphatic rings. The van der Waals surface area contributed by atoms with Crippen molar-refractivity contribution < 1.29 is 4.79 Å². The number of aromatic nitrogens is 3. The summed E-state index contributed by atoms with van der Waals surface area (Å²) >= 11 is 1.66. The van der Waals surface area contributed by atoms with Crippen molar-refractivity contribution in [3.05, 3.63) is 33.5 Å². The molecule has 2 aromatic heterocycles. The molecule has 1 amide bonds. The third kappa shape index (κ3) is 3.07. The zero-order chi connectivity index (χ0) is 14.9. The van der Waals surface area contributed by atoms with Crippen LogP contribution in [0.25, 0.3) is 0 Å². The van der Waals surface area contributed by atoms with Gasteiger partial charge in [0.1, 0.15) is 5.82 Å². The van der Waals surface area contributed by atoms with E-state index in [0.29, 0.717) is 6.54 Å². The van der Waals surface area contributed by atoms with Crippen LogP contribution in [0.2, 0.25) is 0 Å². The van der Waals surface area contributed by atoms with Gasteiger partial charge in [0, 0.05) is 17.3 Å². The molecule has 0 atom stereocenters. The summed E-state index contributed by atoms with van der Waals surface area (Å²) in [5, 5.41) is 8.91. The summed E-state index contributed by atoms with van der Waals surface area (Å²) in [6, 6.07) is 2.06. The van der Waals surface area contributed by atoms with Crippen molar-refractivity contribution in [1.82, 2.24) is 20.1 Å². The van der Waals surface area contributed by atoms with Gasteiger partial charge in [0.05, 0.1) is 6.54 Å². The van der Waals surface area contributed by atoms with E-state index in [4.69, 9.17) is 0 Å². The zero-order valence-corrected chi connectivity index (χ0v) is 13.3. The van der Waals surface area contributed by atoms with E-state index in [-0.39, 0.29) is 17.1 Å². The Labute approximate surface area is 123 Å². The SMILES string of the molecule is Cc1ccsc1CN(C)C(=O)c1n[nH]c(C(C)(C)C)n1. The largest absolute Gasteiger partial charge is 0.334 e. The van der Waals surface area contributed by atoms with Crippen LogP contribution in [0.4, 0.5) is 0 Å². The van der Waals surface area contributed by atoms with Gasteiger partial charge in [-0.05, 0) is 23.9 Å². The van der Waals surface area contributed by atoms with Gasteiger partial charge in [-0.1, -0.05) is 20.8 Å². The summed E-state index contributed by atoms with van der Waals surface area (Å²) in [4.78, 5) is 19.4. The average molecular weight is 292 g/mol. The molecule has 108 valence electrons. The predicted molar refractivity (Wildman–Crippen MR) is 79.9 cm³/mol. The highest BCUT2D eigenvalue weighted by Crippen LogP contribution is 2.19. The Balaban J connectivity index is 2.11. The van der Waals surface area contributed by atoms with Crippen LogP contribution in [0.5, 0.6) is 0 Å². The van der Waals surface area contributed by atoms with E-state index in [1.54, 1.807) is 23.3 Å². The van der Waals surface area contributed by atoms with Crippen molar-refractivity contribution in [2.24, 2.45) is 0 Å². The normalized spacial score (nSPS) is 11.7. The Morgan fingerprint density at radius 1 is 1.45 bits per heavy atom. The number of carbonyl (C=O) groups is 1. The summed E-state index contributed by atoms with van der Waals surface area (Å²) in [5.41, 5.74) is 1.06. The molecule has 2 rings (SSSR count). The highest BCUT2D eigenvalue weighted by atomic mass is 32.1. The van der Waals surface area contributed by atoms with Crippen molar-refractivity contribution in [3.63, 3.8) is 0 Å². The number of nitrogens with one attached hydrogen (secondary N) is 1. The summed E-state index contributed by atoms with van der Waals surface area (Å²) in [6.07, 6.45) is 0. The fourth-order valence-corrected chi connectivity index (χ4v) is 2.68. The number of hydrogen-bond acceptors (Lipinski definition) is 4. The molecule has 5 nitrogen and oxygen atoms in total. The predicted octanol–water partition coefficient (Wildman–Crippen LogP) is 2.74. The van der Waals surface area contributed by atoms with E-state index >= 15 is 0 Å². The average Bonchev–Trinajstić information content (AvgIpc) is 2.97. The van der Waals surface area contributed by atoms with Crippen LogP contribution in [-0.2, 0) is 12.0 Å². The van der Waals surface area contributed by atoms with E-state index in [1.807, 2.05) is 26.2 Å². The number of thiophene rings is 1. The second kappa shape index (κ2) is 5.36. The Kier molecular flexibility index (Phi) is 3.94. The van der Waals surface area contributed by atoms with Crippen molar-refractivity contribution in [1.29, 1.82) is 0 Å². The van der Waals surface area contributed by atoms with Crippen molar-refractivity contribution >= 4 is 17.2 Å². The first-order valence-corrected chi connectivity index (χ1v) is 7.38. The van der Waals surface area contributed by atoms with Crippen LogP contribution in [-0.4, -0.2) is 33.0 Å². The highest BCUT2D eigenvalue weighted by Gasteiger charge is 2.23. The minimum Gasteiger partial charge on any atom is -0.334 e. The minimum absolute atomic E-state index is 0.144. The standard InChI is InChI=1S/C14H20N4OS/c1-9-6-7-20-10(9)8-18(5)12(19)11-15-13(17-16-11)14(2,3)4/h6-7H,8H2,1-5H3,(H,15,16,17). The lowest BCUT2D eigenvalue weighted by Crippen LogP contribution is -2.27. The summed E-state index contributed by atoms with van der Waals surface area (Å²) in [7, 11) is 1.77. The van der Waals surface area contributed by atoms with Gasteiger partial charge in [-0.3, -0.25) is 9.89 Å². The molecular weight excluding hydrogens is 272 g/mol. The first kappa shape index (κ1) is 14.7. The minimum atomic E-state index is -0.162. The summed E-state index contributed by atoms with van der Waals surface area (Å²) in [5.74, 6) is 0.790. The van der Waals surface area contributed by atoms with Gasteiger partial charge in [0.25, 0.3) is 5.91 Å². The molecule has 2 aromatic rings. The molecular formula is C14H20N4OS. The third-order valence-electron chi connectivity index (χ3n) is 3.08. The molecule has 0 saturated heterocycles. The molecule has 6 heteroatoms. The first-order chi connectivity index (χ1) is 9.29. The quantitative estimate of drug-likeness (QED) is 0.946. The molecule has 1 N–H and O–H groups in total. The van der Waals surface area contributed by atoms with Crippen LogP contribution in [0.3, 0.4) is 0 Å². The zero-order valence-electron chi connectivity index (χ0n) is 12.5. The van der Waals surface area contributed by atoms with Crippen LogP contribution in [0, 0.1) is 6.92 Å². The number of amides is 1. The Hall–Kier alpha value is -1.69. The monoisotopic (exact) mass is 292 g/mol. The van der Waals surface area contributed by atoms with Gasteiger partial charge in [-0.25, -0.2) is 4.98 Å². The van der Waals surface area contributed by atoms with Crippen molar-refractivity contribution in [2.45, 2.75) is 39.7 Å². The smallest absolute Gasteiger partial charge is 0.293 e.